The van der Waals surface area contributed by atoms with E-state index in [-0.39, 0.29) is 5.91 Å². The Labute approximate surface area is 141 Å². The van der Waals surface area contributed by atoms with E-state index in [1.54, 1.807) is 0 Å². The third-order valence-corrected chi connectivity index (χ3v) is 5.52. The SMILES string of the molecule is N#CC1=C(S)NC(=O)[C@@H](C#N)C12CCC(c1ccccc1)CC2. The largest absolute Gasteiger partial charge is 0.319 e. The fraction of sp³-hybridized carbons (Fsp3) is 0.389. The second kappa shape index (κ2) is 6.10. The number of thiol groups is 1. The molecule has 0 radical (unpaired) electrons. The molecule has 1 fully saturated rings. The van der Waals surface area contributed by atoms with Gasteiger partial charge in [-0.3, -0.25) is 4.79 Å². The van der Waals surface area contributed by atoms with E-state index >= 15 is 0 Å². The first-order valence-electron chi connectivity index (χ1n) is 7.71. The zero-order valence-corrected chi connectivity index (χ0v) is 13.5. The Morgan fingerprint density at radius 2 is 1.83 bits per heavy atom. The van der Waals surface area contributed by atoms with Crippen LogP contribution >= 0.6 is 12.6 Å². The molecule has 23 heavy (non-hydrogen) atoms. The van der Waals surface area contributed by atoms with Gasteiger partial charge < -0.3 is 5.32 Å². The number of rotatable bonds is 1. The number of carbonyl (C=O) groups excluding carboxylic acids is 1. The van der Waals surface area contributed by atoms with Gasteiger partial charge in [-0.2, -0.15) is 10.5 Å². The average Bonchev–Trinajstić information content (AvgIpc) is 2.57. The van der Waals surface area contributed by atoms with Gasteiger partial charge in [-0.25, -0.2) is 0 Å². The standard InChI is InChI=1S/C18H17N3OS/c19-10-14-16(22)21-17(23)15(11-20)18(14)8-6-13(7-9-18)12-4-2-1-3-5-12/h1-5,13-14,23H,6-9H2,(H,21,22)/t13?,14-,18?/m1/s1. The van der Waals surface area contributed by atoms with E-state index < -0.39 is 11.3 Å². The van der Waals surface area contributed by atoms with Crippen LogP contribution in [0.15, 0.2) is 40.9 Å². The van der Waals surface area contributed by atoms with Gasteiger partial charge in [0, 0.05) is 5.41 Å². The molecule has 0 bridgehead atoms. The summed E-state index contributed by atoms with van der Waals surface area (Å²) in [4.78, 5) is 12.2. The molecule has 0 aromatic heterocycles. The highest BCUT2D eigenvalue weighted by Gasteiger charge is 2.52. The lowest BCUT2D eigenvalue weighted by molar-refractivity contribution is -0.126. The van der Waals surface area contributed by atoms with Crippen molar-refractivity contribution in [2.75, 3.05) is 0 Å². The first-order valence-corrected chi connectivity index (χ1v) is 8.16. The molecular weight excluding hydrogens is 306 g/mol. The van der Waals surface area contributed by atoms with E-state index in [1.807, 2.05) is 18.2 Å². The number of nitriles is 2. The lowest BCUT2D eigenvalue weighted by atomic mass is 9.58. The zero-order valence-electron chi connectivity index (χ0n) is 12.6. The molecule has 0 saturated heterocycles. The first kappa shape index (κ1) is 15.6. The lowest BCUT2D eigenvalue weighted by Gasteiger charge is -2.44. The van der Waals surface area contributed by atoms with Gasteiger partial charge in [0.05, 0.1) is 22.7 Å². The highest BCUT2D eigenvalue weighted by atomic mass is 32.1. The van der Waals surface area contributed by atoms with Crippen molar-refractivity contribution < 1.29 is 4.79 Å². The molecule has 1 aromatic rings. The number of amides is 1. The van der Waals surface area contributed by atoms with E-state index in [0.717, 1.165) is 12.8 Å². The molecular formula is C18H17N3OS. The summed E-state index contributed by atoms with van der Waals surface area (Å²) in [5, 5.41) is 21.9. The number of nitrogens with one attached hydrogen (secondary N) is 1. The minimum atomic E-state index is -0.815. The molecule has 1 aliphatic carbocycles. The summed E-state index contributed by atoms with van der Waals surface area (Å²) >= 11 is 4.27. The Balaban J connectivity index is 1.93. The second-order valence-electron chi connectivity index (χ2n) is 6.23. The third-order valence-electron chi connectivity index (χ3n) is 5.18. The molecule has 1 aromatic carbocycles. The van der Waals surface area contributed by atoms with Gasteiger partial charge in [0.2, 0.25) is 5.91 Å². The van der Waals surface area contributed by atoms with Gasteiger partial charge >= 0.3 is 0 Å². The van der Waals surface area contributed by atoms with Crippen LogP contribution in [0.25, 0.3) is 0 Å². The molecule has 2 aliphatic rings. The van der Waals surface area contributed by atoms with Gasteiger partial charge in [-0.1, -0.05) is 30.3 Å². The van der Waals surface area contributed by atoms with Crippen LogP contribution in [0.3, 0.4) is 0 Å². The van der Waals surface area contributed by atoms with Crippen LogP contribution in [-0.2, 0) is 4.79 Å². The number of hydrogen-bond acceptors (Lipinski definition) is 4. The minimum absolute atomic E-state index is 0.308. The maximum Gasteiger partial charge on any atom is 0.243 e. The van der Waals surface area contributed by atoms with Crippen molar-refractivity contribution in [1.29, 1.82) is 10.5 Å². The van der Waals surface area contributed by atoms with Crippen LogP contribution in [0.2, 0.25) is 0 Å². The van der Waals surface area contributed by atoms with E-state index in [4.69, 9.17) is 0 Å². The van der Waals surface area contributed by atoms with Crippen LogP contribution in [0.5, 0.6) is 0 Å². The van der Waals surface area contributed by atoms with Crippen LogP contribution in [0.4, 0.5) is 0 Å². The van der Waals surface area contributed by atoms with Crippen molar-refractivity contribution in [3.8, 4) is 12.1 Å². The van der Waals surface area contributed by atoms with Crippen LogP contribution in [0.1, 0.15) is 37.2 Å². The number of allylic oxidation sites excluding steroid dienone is 1. The topological polar surface area (TPSA) is 76.7 Å². The van der Waals surface area contributed by atoms with Crippen molar-refractivity contribution in [2.45, 2.75) is 31.6 Å². The van der Waals surface area contributed by atoms with Crippen molar-refractivity contribution in [3.05, 3.63) is 46.5 Å². The molecule has 116 valence electrons. The van der Waals surface area contributed by atoms with Gasteiger partial charge in [-0.15, -0.1) is 12.6 Å². The molecule has 5 heteroatoms. The third kappa shape index (κ3) is 2.52. The summed E-state index contributed by atoms with van der Waals surface area (Å²) in [7, 11) is 0. The van der Waals surface area contributed by atoms with Gasteiger partial charge in [-0.05, 0) is 37.2 Å². The normalized spacial score (nSPS) is 30.5. The van der Waals surface area contributed by atoms with E-state index in [2.05, 4.69) is 42.2 Å². The van der Waals surface area contributed by atoms with E-state index in [0.29, 0.717) is 29.4 Å². The smallest absolute Gasteiger partial charge is 0.243 e. The molecule has 1 N–H and O–H groups in total. The van der Waals surface area contributed by atoms with Crippen molar-refractivity contribution >= 4 is 18.5 Å². The van der Waals surface area contributed by atoms with E-state index in [9.17, 15) is 15.3 Å². The van der Waals surface area contributed by atoms with Crippen LogP contribution in [0, 0.1) is 34.0 Å². The minimum Gasteiger partial charge on any atom is -0.319 e. The van der Waals surface area contributed by atoms with E-state index in [1.165, 1.54) is 5.56 Å². The maximum atomic E-state index is 12.2. The molecule has 1 heterocycles. The average molecular weight is 323 g/mol. The molecule has 4 nitrogen and oxygen atoms in total. The molecule has 3 rings (SSSR count). The quantitative estimate of drug-likeness (QED) is 0.779. The highest BCUT2D eigenvalue weighted by molar-refractivity contribution is 7.84. The summed E-state index contributed by atoms with van der Waals surface area (Å²) in [5.41, 5.74) is 1.05. The second-order valence-corrected chi connectivity index (χ2v) is 6.68. The summed E-state index contributed by atoms with van der Waals surface area (Å²) in [6.45, 7) is 0. The Morgan fingerprint density at radius 3 is 2.39 bits per heavy atom. The predicted molar refractivity (Wildman–Crippen MR) is 89.0 cm³/mol. The Hall–Kier alpha value is -2.24. The lowest BCUT2D eigenvalue weighted by Crippen LogP contribution is -2.48. The Kier molecular flexibility index (Phi) is 4.15. The van der Waals surface area contributed by atoms with Crippen molar-refractivity contribution in [2.24, 2.45) is 11.3 Å². The van der Waals surface area contributed by atoms with Gasteiger partial charge in [0.25, 0.3) is 0 Å². The summed E-state index contributed by atoms with van der Waals surface area (Å²) < 4.78 is 0. The molecule has 1 saturated carbocycles. The molecule has 1 aliphatic heterocycles. The molecule has 1 atom stereocenters. The monoisotopic (exact) mass is 323 g/mol. The Morgan fingerprint density at radius 1 is 1.17 bits per heavy atom. The summed E-state index contributed by atoms with van der Waals surface area (Å²) in [5.74, 6) is -0.742. The fourth-order valence-electron chi connectivity index (χ4n) is 3.96. The van der Waals surface area contributed by atoms with Gasteiger partial charge in [0.15, 0.2) is 0 Å². The molecule has 1 amide bonds. The summed E-state index contributed by atoms with van der Waals surface area (Å²) in [6, 6.07) is 14.6. The predicted octanol–water partition coefficient (Wildman–Crippen LogP) is 3.27. The number of carbonyl (C=O) groups is 1. The first-order chi connectivity index (χ1) is 11.1. The van der Waals surface area contributed by atoms with Crippen LogP contribution in [-0.4, -0.2) is 5.91 Å². The molecule has 1 spiro atoms. The number of nitrogens with zero attached hydrogens (tertiary/aromatic N) is 2. The van der Waals surface area contributed by atoms with Gasteiger partial charge in [0.1, 0.15) is 5.92 Å². The molecule has 0 unspecified atom stereocenters. The summed E-state index contributed by atoms with van der Waals surface area (Å²) in [6.07, 6.45) is 3.04. The number of hydrogen-bond donors (Lipinski definition) is 2. The Bertz CT molecular complexity index is 734. The number of benzene rings is 1. The highest BCUT2D eigenvalue weighted by Crippen LogP contribution is 2.53. The maximum absolute atomic E-state index is 12.2. The van der Waals surface area contributed by atoms with Crippen molar-refractivity contribution in [3.63, 3.8) is 0 Å². The van der Waals surface area contributed by atoms with Crippen LogP contribution < -0.4 is 5.32 Å². The fourth-order valence-corrected chi connectivity index (χ4v) is 4.34. The van der Waals surface area contributed by atoms with Crippen molar-refractivity contribution in [1.82, 2.24) is 5.32 Å². The zero-order chi connectivity index (χ0) is 16.4.